The second-order valence-corrected chi connectivity index (χ2v) is 5.48. The van der Waals surface area contributed by atoms with E-state index in [0.717, 1.165) is 0 Å². The van der Waals surface area contributed by atoms with Crippen molar-refractivity contribution in [1.29, 1.82) is 0 Å². The Kier molecular flexibility index (Phi) is 6.39. The van der Waals surface area contributed by atoms with Gasteiger partial charge in [-0.3, -0.25) is 4.79 Å². The van der Waals surface area contributed by atoms with E-state index < -0.39 is 0 Å². The highest BCUT2D eigenvalue weighted by Crippen LogP contribution is 2.30. The fourth-order valence-electron chi connectivity index (χ4n) is 2.15. The summed E-state index contributed by atoms with van der Waals surface area (Å²) >= 11 is 0. The van der Waals surface area contributed by atoms with Crippen LogP contribution in [0.2, 0.25) is 0 Å². The summed E-state index contributed by atoms with van der Waals surface area (Å²) in [6.07, 6.45) is 1.51. The molecule has 1 N–H and O–H groups in total. The summed E-state index contributed by atoms with van der Waals surface area (Å²) in [6, 6.07) is 12.3. The van der Waals surface area contributed by atoms with Crippen molar-refractivity contribution in [3.8, 4) is 17.2 Å². The molecule has 0 aromatic heterocycles. The van der Waals surface area contributed by atoms with Crippen LogP contribution in [-0.2, 0) is 0 Å². The molecule has 0 unspecified atom stereocenters. The van der Waals surface area contributed by atoms with Crippen LogP contribution < -0.4 is 19.6 Å². The second-order valence-electron chi connectivity index (χ2n) is 5.48. The zero-order valence-electron chi connectivity index (χ0n) is 14.8. The predicted octanol–water partition coefficient (Wildman–Crippen LogP) is 3.25. The fraction of sp³-hybridized carbons (Fsp3) is 0.263. The lowest BCUT2D eigenvalue weighted by Crippen LogP contribution is -2.17. The highest BCUT2D eigenvalue weighted by atomic mass is 16.5. The van der Waals surface area contributed by atoms with Gasteiger partial charge in [-0.2, -0.15) is 5.10 Å². The van der Waals surface area contributed by atoms with Crippen molar-refractivity contribution >= 4 is 12.1 Å². The first-order chi connectivity index (χ1) is 12.0. The van der Waals surface area contributed by atoms with Crippen LogP contribution in [0.3, 0.4) is 0 Å². The van der Waals surface area contributed by atoms with E-state index in [9.17, 15) is 4.79 Å². The van der Waals surface area contributed by atoms with Crippen LogP contribution in [0.15, 0.2) is 47.6 Å². The topological polar surface area (TPSA) is 69.2 Å². The molecule has 0 aliphatic carbocycles. The zero-order valence-corrected chi connectivity index (χ0v) is 14.8. The van der Waals surface area contributed by atoms with Crippen molar-refractivity contribution in [2.24, 2.45) is 5.10 Å². The number of hydrazone groups is 1. The summed E-state index contributed by atoms with van der Waals surface area (Å²) in [5.41, 5.74) is 3.66. The first-order valence-electron chi connectivity index (χ1n) is 7.86. The molecule has 2 rings (SSSR count). The molecule has 6 nitrogen and oxygen atoms in total. The third kappa shape index (κ3) is 4.97. The molecule has 1 amide bonds. The van der Waals surface area contributed by atoms with E-state index in [1.807, 2.05) is 32.0 Å². The van der Waals surface area contributed by atoms with Crippen molar-refractivity contribution in [3.63, 3.8) is 0 Å². The van der Waals surface area contributed by atoms with Gasteiger partial charge in [0.1, 0.15) is 5.75 Å². The van der Waals surface area contributed by atoms with Gasteiger partial charge in [0.25, 0.3) is 5.91 Å². The minimum atomic E-state index is -0.329. The molecule has 0 atom stereocenters. The molecule has 0 aliphatic rings. The molecule has 0 radical (unpaired) electrons. The van der Waals surface area contributed by atoms with Crippen LogP contribution in [0.1, 0.15) is 29.8 Å². The molecule has 0 saturated carbocycles. The minimum absolute atomic E-state index is 0.0187. The number of rotatable bonds is 7. The smallest absolute Gasteiger partial charge is 0.271 e. The van der Waals surface area contributed by atoms with Crippen molar-refractivity contribution in [2.75, 3.05) is 14.2 Å². The molecule has 0 saturated heterocycles. The molecule has 2 aromatic carbocycles. The number of carbonyl (C=O) groups excluding carboxylic acids is 1. The van der Waals surface area contributed by atoms with Crippen LogP contribution >= 0.6 is 0 Å². The lowest BCUT2D eigenvalue weighted by atomic mass is 10.2. The first kappa shape index (κ1) is 18.3. The van der Waals surface area contributed by atoms with E-state index in [1.165, 1.54) is 6.21 Å². The molecule has 0 bridgehead atoms. The summed E-state index contributed by atoms with van der Waals surface area (Å²) in [4.78, 5) is 12.2. The van der Waals surface area contributed by atoms with Gasteiger partial charge in [-0.25, -0.2) is 5.43 Å². The molecule has 2 aromatic rings. The Hall–Kier alpha value is -3.02. The van der Waals surface area contributed by atoms with E-state index in [-0.39, 0.29) is 12.0 Å². The molecule has 0 aliphatic heterocycles. The van der Waals surface area contributed by atoms with E-state index in [0.29, 0.717) is 28.4 Å². The number of ether oxygens (including phenoxy) is 3. The molecule has 0 fully saturated rings. The van der Waals surface area contributed by atoms with Crippen LogP contribution in [0.25, 0.3) is 0 Å². The number of benzene rings is 2. The monoisotopic (exact) mass is 342 g/mol. The fourth-order valence-corrected chi connectivity index (χ4v) is 2.15. The average molecular weight is 342 g/mol. The van der Waals surface area contributed by atoms with Gasteiger partial charge in [0.05, 0.1) is 26.5 Å². The summed E-state index contributed by atoms with van der Waals surface area (Å²) < 4.78 is 16.2. The van der Waals surface area contributed by atoms with Gasteiger partial charge >= 0.3 is 0 Å². The van der Waals surface area contributed by atoms with Crippen LogP contribution in [-0.4, -0.2) is 32.4 Å². The molecule has 6 heteroatoms. The normalized spacial score (nSPS) is 10.8. The minimum Gasteiger partial charge on any atom is -0.497 e. The molecule has 0 heterocycles. The first-order valence-corrected chi connectivity index (χ1v) is 7.86. The maximum absolute atomic E-state index is 12.2. The molecule has 25 heavy (non-hydrogen) atoms. The molecular weight excluding hydrogens is 320 g/mol. The Morgan fingerprint density at radius 3 is 2.56 bits per heavy atom. The molecular formula is C19H22N2O4. The van der Waals surface area contributed by atoms with Gasteiger partial charge in [-0.1, -0.05) is 12.1 Å². The van der Waals surface area contributed by atoms with Gasteiger partial charge in [0.15, 0.2) is 11.5 Å². The Labute approximate surface area is 147 Å². The third-order valence-electron chi connectivity index (χ3n) is 3.28. The van der Waals surface area contributed by atoms with Crippen molar-refractivity contribution < 1.29 is 19.0 Å². The number of hydrogen-bond donors (Lipinski definition) is 1. The largest absolute Gasteiger partial charge is 0.497 e. The summed E-state index contributed by atoms with van der Waals surface area (Å²) in [7, 11) is 3.13. The lowest BCUT2D eigenvalue weighted by Gasteiger charge is -2.15. The van der Waals surface area contributed by atoms with Gasteiger partial charge in [-0.15, -0.1) is 0 Å². The van der Waals surface area contributed by atoms with Crippen molar-refractivity contribution in [1.82, 2.24) is 5.43 Å². The number of para-hydroxylation sites is 1. The Bertz CT molecular complexity index is 757. The number of nitrogens with zero attached hydrogens (tertiary/aromatic N) is 1. The van der Waals surface area contributed by atoms with Crippen molar-refractivity contribution in [2.45, 2.75) is 20.0 Å². The number of amides is 1. The Morgan fingerprint density at radius 2 is 1.88 bits per heavy atom. The van der Waals surface area contributed by atoms with E-state index in [2.05, 4.69) is 10.5 Å². The van der Waals surface area contributed by atoms with Gasteiger partial charge in [0, 0.05) is 11.1 Å². The highest BCUT2D eigenvalue weighted by Gasteiger charge is 2.11. The SMILES string of the molecule is COc1cccc(C(=O)NN=Cc2cccc(OC)c2OC(C)C)c1. The molecule has 132 valence electrons. The van der Waals surface area contributed by atoms with Gasteiger partial charge < -0.3 is 14.2 Å². The highest BCUT2D eigenvalue weighted by molar-refractivity contribution is 5.95. The summed E-state index contributed by atoms with van der Waals surface area (Å²) in [6.45, 7) is 3.86. The van der Waals surface area contributed by atoms with Gasteiger partial charge in [-0.05, 0) is 44.2 Å². The third-order valence-corrected chi connectivity index (χ3v) is 3.28. The van der Waals surface area contributed by atoms with Crippen LogP contribution in [0, 0.1) is 0 Å². The predicted molar refractivity (Wildman–Crippen MR) is 96.8 cm³/mol. The number of hydrogen-bond acceptors (Lipinski definition) is 5. The maximum Gasteiger partial charge on any atom is 0.271 e. The summed E-state index contributed by atoms with van der Waals surface area (Å²) in [5.74, 6) is 1.47. The van der Waals surface area contributed by atoms with Gasteiger partial charge in [0.2, 0.25) is 0 Å². The van der Waals surface area contributed by atoms with Crippen LogP contribution in [0.4, 0.5) is 0 Å². The number of carbonyl (C=O) groups is 1. The lowest BCUT2D eigenvalue weighted by molar-refractivity contribution is 0.0954. The standard InChI is InChI=1S/C19H22N2O4/c1-13(2)25-18-15(8-6-10-17(18)24-4)12-20-21-19(22)14-7-5-9-16(11-14)23-3/h5-13H,1-4H3,(H,21,22). The number of nitrogens with one attached hydrogen (secondary N) is 1. The summed E-state index contributed by atoms with van der Waals surface area (Å²) in [5, 5.41) is 4.02. The van der Waals surface area contributed by atoms with E-state index >= 15 is 0 Å². The van der Waals surface area contributed by atoms with E-state index in [4.69, 9.17) is 14.2 Å². The molecule has 0 spiro atoms. The Balaban J connectivity index is 2.14. The average Bonchev–Trinajstić information content (AvgIpc) is 2.62. The van der Waals surface area contributed by atoms with E-state index in [1.54, 1.807) is 38.5 Å². The van der Waals surface area contributed by atoms with Crippen LogP contribution in [0.5, 0.6) is 17.2 Å². The Morgan fingerprint density at radius 1 is 1.12 bits per heavy atom. The van der Waals surface area contributed by atoms with Crippen molar-refractivity contribution in [3.05, 3.63) is 53.6 Å². The maximum atomic E-state index is 12.2. The zero-order chi connectivity index (χ0) is 18.2. The quantitative estimate of drug-likeness (QED) is 0.619. The number of methoxy groups -OCH3 is 2. The second kappa shape index (κ2) is 8.73.